The van der Waals surface area contributed by atoms with Crippen molar-refractivity contribution in [2.75, 3.05) is 24.9 Å². The van der Waals surface area contributed by atoms with Gasteiger partial charge in [-0.05, 0) is 35.9 Å². The number of pyridine rings is 1. The van der Waals surface area contributed by atoms with Gasteiger partial charge in [0.05, 0.1) is 42.0 Å². The molecular weight excluding hydrogens is 501 g/mol. The Kier molecular flexibility index (Phi) is 6.75. The molecule has 0 aliphatic rings. The van der Waals surface area contributed by atoms with Gasteiger partial charge in [-0.2, -0.15) is 10.1 Å². The standard InChI is InChI=1S/C25H21Cl2N7O2/c1-35-18-12-19(36-2)23(27)21(22(18)26)14-6-7-16-17(11-14)33-34-24(16)31-20-8-10-29-25(32-20)30-13-15-5-3-4-9-28-15/h3-12H,13H2,1-2H3,(H3,29,30,31,32,33,34). The Hall–Kier alpha value is -4.08. The average molecular weight is 522 g/mol. The lowest BCUT2D eigenvalue weighted by Gasteiger charge is -2.14. The van der Waals surface area contributed by atoms with E-state index in [2.05, 4.69) is 35.8 Å². The highest BCUT2D eigenvalue weighted by molar-refractivity contribution is 6.41. The number of nitrogens with zero attached hydrogens (tertiary/aromatic N) is 4. The summed E-state index contributed by atoms with van der Waals surface area (Å²) >= 11 is 13.2. The summed E-state index contributed by atoms with van der Waals surface area (Å²) in [6.07, 6.45) is 3.42. The summed E-state index contributed by atoms with van der Waals surface area (Å²) in [6.45, 7) is 0.512. The Balaban J connectivity index is 1.41. The molecule has 0 atom stereocenters. The van der Waals surface area contributed by atoms with E-state index in [-0.39, 0.29) is 0 Å². The zero-order valence-electron chi connectivity index (χ0n) is 19.3. The highest BCUT2D eigenvalue weighted by Crippen LogP contribution is 2.46. The number of aromatic amines is 1. The summed E-state index contributed by atoms with van der Waals surface area (Å²) in [7, 11) is 3.09. The van der Waals surface area contributed by atoms with Crippen LogP contribution in [-0.4, -0.2) is 39.4 Å². The van der Waals surface area contributed by atoms with Gasteiger partial charge in [0.1, 0.15) is 17.3 Å². The van der Waals surface area contributed by atoms with E-state index >= 15 is 0 Å². The lowest BCUT2D eigenvalue weighted by molar-refractivity contribution is 0.395. The third kappa shape index (κ3) is 4.71. The fourth-order valence-electron chi connectivity index (χ4n) is 3.72. The number of methoxy groups -OCH3 is 2. The Bertz CT molecular complexity index is 1500. The monoisotopic (exact) mass is 521 g/mol. The number of H-pyrrole nitrogens is 1. The minimum Gasteiger partial charge on any atom is -0.495 e. The number of halogens is 2. The Labute approximate surface area is 216 Å². The van der Waals surface area contributed by atoms with Crippen LogP contribution in [0, 0.1) is 0 Å². The molecule has 0 fully saturated rings. The topological polar surface area (TPSA) is 110 Å². The summed E-state index contributed by atoms with van der Waals surface area (Å²) in [6, 6.07) is 14.9. The largest absolute Gasteiger partial charge is 0.495 e. The van der Waals surface area contributed by atoms with E-state index in [0.717, 1.165) is 22.2 Å². The summed E-state index contributed by atoms with van der Waals surface area (Å²) in [5.41, 5.74) is 3.07. The molecule has 3 aromatic heterocycles. The van der Waals surface area contributed by atoms with E-state index in [1.165, 1.54) is 0 Å². The third-order valence-corrected chi connectivity index (χ3v) is 6.23. The Morgan fingerprint density at radius 3 is 2.44 bits per heavy atom. The fourth-order valence-corrected chi connectivity index (χ4v) is 4.44. The van der Waals surface area contributed by atoms with Crippen molar-refractivity contribution in [3.63, 3.8) is 0 Å². The molecule has 0 saturated heterocycles. The second-order valence-corrected chi connectivity index (χ2v) is 8.44. The minimum atomic E-state index is 0.396. The molecule has 2 aromatic carbocycles. The molecule has 0 bridgehead atoms. The van der Waals surface area contributed by atoms with Gasteiger partial charge in [-0.25, -0.2) is 4.98 Å². The first-order chi connectivity index (χ1) is 17.6. The first-order valence-electron chi connectivity index (χ1n) is 10.9. The molecule has 0 aliphatic carbocycles. The molecule has 5 aromatic rings. The van der Waals surface area contributed by atoms with Crippen LogP contribution in [0.4, 0.5) is 17.6 Å². The molecule has 0 spiro atoms. The van der Waals surface area contributed by atoms with Crippen molar-refractivity contribution in [1.82, 2.24) is 25.1 Å². The van der Waals surface area contributed by atoms with Gasteiger partial charge in [0.15, 0.2) is 5.82 Å². The van der Waals surface area contributed by atoms with Crippen molar-refractivity contribution in [2.45, 2.75) is 6.54 Å². The number of nitrogens with one attached hydrogen (secondary N) is 3. The molecule has 9 nitrogen and oxygen atoms in total. The number of anilines is 3. The van der Waals surface area contributed by atoms with Gasteiger partial charge in [0.25, 0.3) is 0 Å². The Morgan fingerprint density at radius 1 is 0.917 bits per heavy atom. The maximum Gasteiger partial charge on any atom is 0.224 e. The molecule has 5 rings (SSSR count). The molecule has 0 saturated carbocycles. The molecule has 0 unspecified atom stereocenters. The Morgan fingerprint density at radius 2 is 1.72 bits per heavy atom. The van der Waals surface area contributed by atoms with Crippen molar-refractivity contribution in [1.29, 1.82) is 0 Å². The van der Waals surface area contributed by atoms with Crippen LogP contribution >= 0.6 is 23.2 Å². The maximum absolute atomic E-state index is 6.59. The van der Waals surface area contributed by atoms with Crippen LogP contribution in [0.15, 0.2) is 60.9 Å². The van der Waals surface area contributed by atoms with E-state index < -0.39 is 0 Å². The molecule has 3 heterocycles. The maximum atomic E-state index is 6.59. The predicted octanol–water partition coefficient (Wildman–Crippen LogP) is 6.09. The lowest BCUT2D eigenvalue weighted by Crippen LogP contribution is -2.06. The normalized spacial score (nSPS) is 10.9. The van der Waals surface area contributed by atoms with Crippen molar-refractivity contribution < 1.29 is 9.47 Å². The van der Waals surface area contributed by atoms with Crippen molar-refractivity contribution in [3.05, 3.63) is 76.7 Å². The molecule has 3 N–H and O–H groups in total. The first kappa shape index (κ1) is 23.7. The zero-order chi connectivity index (χ0) is 25.1. The molecule has 0 radical (unpaired) electrons. The van der Waals surface area contributed by atoms with E-state index in [4.69, 9.17) is 32.7 Å². The number of ether oxygens (including phenoxy) is 2. The fraction of sp³-hybridized carbons (Fsp3) is 0.120. The summed E-state index contributed by atoms with van der Waals surface area (Å²) in [5, 5.41) is 15.5. The van der Waals surface area contributed by atoms with Crippen LogP contribution in [0.3, 0.4) is 0 Å². The molecule has 0 aliphatic heterocycles. The van der Waals surface area contributed by atoms with Crippen LogP contribution in [0.5, 0.6) is 11.5 Å². The van der Waals surface area contributed by atoms with Crippen LogP contribution in [0.25, 0.3) is 22.0 Å². The van der Waals surface area contributed by atoms with Gasteiger partial charge >= 0.3 is 0 Å². The number of aromatic nitrogens is 5. The smallest absolute Gasteiger partial charge is 0.224 e. The van der Waals surface area contributed by atoms with E-state index in [9.17, 15) is 0 Å². The SMILES string of the molecule is COc1cc(OC)c(Cl)c(-c2ccc3c(Nc4ccnc(NCc5ccccn5)n4)n[nH]c3c2)c1Cl. The van der Waals surface area contributed by atoms with Crippen LogP contribution in [0.2, 0.25) is 10.0 Å². The summed E-state index contributed by atoms with van der Waals surface area (Å²) in [5.74, 6) is 2.62. The van der Waals surface area contributed by atoms with Crippen molar-refractivity contribution in [3.8, 4) is 22.6 Å². The van der Waals surface area contributed by atoms with E-state index in [1.54, 1.807) is 38.7 Å². The van der Waals surface area contributed by atoms with Gasteiger partial charge in [0, 0.05) is 29.4 Å². The highest BCUT2D eigenvalue weighted by Gasteiger charge is 2.19. The van der Waals surface area contributed by atoms with Crippen LogP contribution in [-0.2, 0) is 6.54 Å². The number of rotatable bonds is 8. The summed E-state index contributed by atoms with van der Waals surface area (Å²) < 4.78 is 10.8. The van der Waals surface area contributed by atoms with Crippen LogP contribution < -0.4 is 20.1 Å². The van der Waals surface area contributed by atoms with Crippen molar-refractivity contribution in [2.24, 2.45) is 0 Å². The molecular formula is C25H21Cl2N7O2. The van der Waals surface area contributed by atoms with E-state index in [1.807, 2.05) is 36.4 Å². The van der Waals surface area contributed by atoms with Gasteiger partial charge < -0.3 is 20.1 Å². The first-order valence-corrected chi connectivity index (χ1v) is 11.6. The van der Waals surface area contributed by atoms with E-state index in [0.29, 0.717) is 51.2 Å². The van der Waals surface area contributed by atoms with Crippen LogP contribution in [0.1, 0.15) is 5.69 Å². The van der Waals surface area contributed by atoms with Gasteiger partial charge in [-0.1, -0.05) is 35.3 Å². The number of hydrogen-bond donors (Lipinski definition) is 3. The minimum absolute atomic E-state index is 0.396. The molecule has 182 valence electrons. The average Bonchev–Trinajstić information content (AvgIpc) is 3.30. The van der Waals surface area contributed by atoms with Gasteiger partial charge in [0.2, 0.25) is 5.95 Å². The molecule has 36 heavy (non-hydrogen) atoms. The second kappa shape index (κ2) is 10.3. The van der Waals surface area contributed by atoms with Gasteiger partial charge in [-0.3, -0.25) is 10.1 Å². The highest BCUT2D eigenvalue weighted by atomic mass is 35.5. The molecule has 0 amide bonds. The number of hydrogen-bond acceptors (Lipinski definition) is 8. The number of fused-ring (bicyclic) bond motifs is 1. The zero-order valence-corrected chi connectivity index (χ0v) is 20.9. The summed E-state index contributed by atoms with van der Waals surface area (Å²) in [4.78, 5) is 13.1. The predicted molar refractivity (Wildman–Crippen MR) is 142 cm³/mol. The van der Waals surface area contributed by atoms with Crippen molar-refractivity contribution >= 4 is 51.7 Å². The number of benzene rings is 2. The lowest BCUT2D eigenvalue weighted by atomic mass is 10.0. The van der Waals surface area contributed by atoms with Gasteiger partial charge in [-0.15, -0.1) is 0 Å². The third-order valence-electron chi connectivity index (χ3n) is 5.48. The second-order valence-electron chi connectivity index (χ2n) is 7.68. The quantitative estimate of drug-likeness (QED) is 0.225. The molecule has 11 heteroatoms.